The van der Waals surface area contributed by atoms with E-state index in [4.69, 9.17) is 4.74 Å². The maximum absolute atomic E-state index is 11.6. The van der Waals surface area contributed by atoms with Gasteiger partial charge < -0.3 is 10.1 Å². The number of carbonyl (C=O) groups is 1. The van der Waals surface area contributed by atoms with Gasteiger partial charge in [-0.15, -0.1) is 0 Å². The van der Waals surface area contributed by atoms with Gasteiger partial charge in [0.25, 0.3) is 0 Å². The highest BCUT2D eigenvalue weighted by Crippen LogP contribution is 2.35. The minimum absolute atomic E-state index is 0.0755. The van der Waals surface area contributed by atoms with Crippen LogP contribution in [-0.4, -0.2) is 42.8 Å². The number of nitrogens with one attached hydrogen (secondary N) is 1. The number of ether oxygens (including phenoxy) is 1. The molecule has 1 atom stereocenters. The summed E-state index contributed by atoms with van der Waals surface area (Å²) in [7, 11) is 0. The molecule has 2 fully saturated rings. The molecule has 4 nitrogen and oxygen atoms in total. The molecule has 4 heteroatoms. The summed E-state index contributed by atoms with van der Waals surface area (Å²) in [5.74, 6) is 0.574. The molecule has 1 N–H and O–H groups in total. The highest BCUT2D eigenvalue weighted by atomic mass is 16.6. The van der Waals surface area contributed by atoms with Gasteiger partial charge in [0.05, 0.1) is 5.54 Å². The first-order valence-corrected chi connectivity index (χ1v) is 5.83. The van der Waals surface area contributed by atoms with Crippen molar-refractivity contribution in [3.8, 4) is 0 Å². The van der Waals surface area contributed by atoms with Crippen molar-refractivity contribution in [1.82, 2.24) is 10.2 Å². The van der Waals surface area contributed by atoms with Crippen molar-refractivity contribution in [2.45, 2.75) is 32.2 Å². The second-order valence-electron chi connectivity index (χ2n) is 4.68. The van der Waals surface area contributed by atoms with Crippen LogP contribution in [0.1, 0.15) is 26.7 Å². The third-order valence-corrected chi connectivity index (χ3v) is 3.86. The Labute approximate surface area is 91.0 Å². The van der Waals surface area contributed by atoms with Crippen LogP contribution in [0.4, 0.5) is 4.79 Å². The number of hydrogen-bond acceptors (Lipinski definition) is 3. The normalized spacial score (nSPS) is 33.2. The van der Waals surface area contributed by atoms with E-state index >= 15 is 0 Å². The Balaban J connectivity index is 2.13. The van der Waals surface area contributed by atoms with Crippen molar-refractivity contribution in [3.05, 3.63) is 0 Å². The van der Waals surface area contributed by atoms with Crippen LogP contribution >= 0.6 is 0 Å². The van der Waals surface area contributed by atoms with E-state index < -0.39 is 0 Å². The van der Waals surface area contributed by atoms with Crippen molar-refractivity contribution >= 4 is 6.09 Å². The molecule has 0 aromatic rings. The van der Waals surface area contributed by atoms with E-state index in [2.05, 4.69) is 12.2 Å². The molecule has 1 unspecified atom stereocenters. The quantitative estimate of drug-likeness (QED) is 0.748. The van der Waals surface area contributed by atoms with Gasteiger partial charge in [0.2, 0.25) is 0 Å². The molecule has 86 valence electrons. The second-order valence-corrected chi connectivity index (χ2v) is 4.68. The van der Waals surface area contributed by atoms with Crippen LogP contribution in [0, 0.1) is 5.92 Å². The average molecular weight is 212 g/mol. The maximum atomic E-state index is 11.6. The van der Waals surface area contributed by atoms with E-state index in [9.17, 15) is 4.79 Å². The van der Waals surface area contributed by atoms with Crippen molar-refractivity contribution in [1.29, 1.82) is 0 Å². The number of rotatable bonds is 2. The van der Waals surface area contributed by atoms with Crippen molar-refractivity contribution in [2.75, 3.05) is 26.2 Å². The smallest absolute Gasteiger partial charge is 0.410 e. The zero-order valence-corrected chi connectivity index (χ0v) is 9.58. The first-order chi connectivity index (χ1) is 7.18. The molecular formula is C11H20N2O2. The number of nitrogens with zero attached hydrogens (tertiary/aromatic N) is 1. The number of amides is 1. The predicted molar refractivity (Wildman–Crippen MR) is 57.7 cm³/mol. The summed E-state index contributed by atoms with van der Waals surface area (Å²) in [6.45, 7) is 7.62. The second kappa shape index (κ2) is 4.00. The van der Waals surface area contributed by atoms with E-state index in [1.165, 1.54) is 0 Å². The minimum Gasteiger partial charge on any atom is -0.447 e. The Hall–Kier alpha value is -0.770. The SMILES string of the molecule is CCN1C(=O)OCC1(C)C1CCNCC1. The van der Waals surface area contributed by atoms with Crippen LogP contribution in [0.25, 0.3) is 0 Å². The lowest BCUT2D eigenvalue weighted by molar-refractivity contribution is 0.0977. The highest BCUT2D eigenvalue weighted by Gasteiger charge is 2.48. The number of carbonyl (C=O) groups excluding carboxylic acids is 1. The standard InChI is InChI=1S/C11H20N2O2/c1-3-13-10(14)15-8-11(13,2)9-4-6-12-7-5-9/h9,12H,3-8H2,1-2H3. The van der Waals surface area contributed by atoms with Crippen LogP contribution in [0.3, 0.4) is 0 Å². The Bertz CT molecular complexity index is 251. The van der Waals surface area contributed by atoms with Crippen molar-refractivity contribution < 1.29 is 9.53 Å². The molecule has 0 aromatic heterocycles. The third kappa shape index (κ3) is 1.71. The molecule has 0 aliphatic carbocycles. The highest BCUT2D eigenvalue weighted by molar-refractivity contribution is 5.71. The molecular weight excluding hydrogens is 192 g/mol. The Morgan fingerprint density at radius 2 is 2.20 bits per heavy atom. The average Bonchev–Trinajstić information content (AvgIpc) is 2.57. The lowest BCUT2D eigenvalue weighted by Crippen LogP contribution is -2.52. The molecule has 15 heavy (non-hydrogen) atoms. The fraction of sp³-hybridized carbons (Fsp3) is 0.909. The van der Waals surface area contributed by atoms with Gasteiger partial charge in [-0.3, -0.25) is 4.90 Å². The van der Waals surface area contributed by atoms with Crippen LogP contribution < -0.4 is 5.32 Å². The van der Waals surface area contributed by atoms with Gasteiger partial charge in [-0.2, -0.15) is 0 Å². The van der Waals surface area contributed by atoms with Gasteiger partial charge in [0, 0.05) is 6.54 Å². The van der Waals surface area contributed by atoms with E-state index in [-0.39, 0.29) is 11.6 Å². The summed E-state index contributed by atoms with van der Waals surface area (Å²) in [4.78, 5) is 13.4. The summed E-state index contributed by atoms with van der Waals surface area (Å²) < 4.78 is 5.19. The van der Waals surface area contributed by atoms with Gasteiger partial charge in [0.15, 0.2) is 0 Å². The molecule has 1 amide bonds. The largest absolute Gasteiger partial charge is 0.447 e. The zero-order valence-electron chi connectivity index (χ0n) is 9.58. The summed E-state index contributed by atoms with van der Waals surface area (Å²) >= 11 is 0. The number of piperidine rings is 1. The first kappa shape index (κ1) is 10.7. The molecule has 2 saturated heterocycles. The van der Waals surface area contributed by atoms with E-state index in [1.54, 1.807) is 0 Å². The van der Waals surface area contributed by atoms with Crippen LogP contribution in [-0.2, 0) is 4.74 Å². The number of cyclic esters (lactones) is 1. The number of likely N-dealkylation sites (N-methyl/N-ethyl adjacent to an activating group) is 1. The van der Waals surface area contributed by atoms with Gasteiger partial charge in [-0.25, -0.2) is 4.79 Å². The fourth-order valence-electron chi connectivity index (χ4n) is 2.84. The Kier molecular flexibility index (Phi) is 2.87. The van der Waals surface area contributed by atoms with Crippen LogP contribution in [0.5, 0.6) is 0 Å². The van der Waals surface area contributed by atoms with Gasteiger partial charge in [-0.1, -0.05) is 0 Å². The molecule has 2 heterocycles. The molecule has 0 bridgehead atoms. The zero-order chi connectivity index (χ0) is 10.9. The molecule has 0 radical (unpaired) electrons. The molecule has 2 aliphatic heterocycles. The van der Waals surface area contributed by atoms with E-state index in [0.717, 1.165) is 32.5 Å². The molecule has 2 rings (SSSR count). The lowest BCUT2D eigenvalue weighted by Gasteiger charge is -2.40. The Morgan fingerprint density at radius 3 is 2.80 bits per heavy atom. The molecule has 0 aromatic carbocycles. The molecule has 0 spiro atoms. The summed E-state index contributed by atoms with van der Waals surface area (Å²) in [6.07, 6.45) is 2.14. The van der Waals surface area contributed by atoms with Crippen LogP contribution in [0.15, 0.2) is 0 Å². The Morgan fingerprint density at radius 1 is 1.53 bits per heavy atom. The van der Waals surface area contributed by atoms with Gasteiger partial charge in [0.1, 0.15) is 6.61 Å². The van der Waals surface area contributed by atoms with Crippen LogP contribution in [0.2, 0.25) is 0 Å². The summed E-state index contributed by atoms with van der Waals surface area (Å²) in [6, 6.07) is 0. The number of hydrogen-bond donors (Lipinski definition) is 1. The monoisotopic (exact) mass is 212 g/mol. The minimum atomic E-state index is -0.140. The third-order valence-electron chi connectivity index (χ3n) is 3.86. The summed E-state index contributed by atoms with van der Waals surface area (Å²) in [5, 5.41) is 3.36. The van der Waals surface area contributed by atoms with E-state index in [0.29, 0.717) is 12.5 Å². The van der Waals surface area contributed by atoms with Gasteiger partial charge in [-0.05, 0) is 45.7 Å². The lowest BCUT2D eigenvalue weighted by atomic mass is 9.79. The molecule has 2 aliphatic rings. The van der Waals surface area contributed by atoms with E-state index in [1.807, 2.05) is 11.8 Å². The maximum Gasteiger partial charge on any atom is 0.410 e. The summed E-state index contributed by atoms with van der Waals surface area (Å²) in [5.41, 5.74) is -0.0755. The van der Waals surface area contributed by atoms with Gasteiger partial charge >= 0.3 is 6.09 Å². The first-order valence-electron chi connectivity index (χ1n) is 5.83. The van der Waals surface area contributed by atoms with Crippen molar-refractivity contribution in [3.63, 3.8) is 0 Å². The topological polar surface area (TPSA) is 41.6 Å². The fourth-order valence-corrected chi connectivity index (χ4v) is 2.84. The van der Waals surface area contributed by atoms with Crippen molar-refractivity contribution in [2.24, 2.45) is 5.92 Å². The predicted octanol–water partition coefficient (Wildman–Crippen LogP) is 1.22. The molecule has 0 saturated carbocycles.